The molecule has 0 aromatic carbocycles. The van der Waals surface area contributed by atoms with Crippen LogP contribution in [0.1, 0.15) is 0 Å². The van der Waals surface area contributed by atoms with Gasteiger partial charge < -0.3 is 0 Å². The fraction of sp³-hybridized carbons (Fsp3) is 0. The molecule has 0 aromatic heterocycles. The van der Waals surface area contributed by atoms with Crippen LogP contribution in [0.4, 0.5) is 0 Å². The second kappa shape index (κ2) is 29.7. The molecule has 0 aromatic rings. The Morgan fingerprint density at radius 2 is 1.23 bits per heavy atom. The van der Waals surface area contributed by atoms with Crippen molar-refractivity contribution in [2.75, 3.05) is 0 Å². The monoisotopic (exact) mass is 620 g/mol. The van der Waals surface area contributed by atoms with Crippen molar-refractivity contribution in [1.29, 1.82) is 26.3 Å². The zero-order chi connectivity index (χ0) is 10.9. The molecule has 0 saturated carbocycles. The predicted octanol–water partition coefficient (Wildman–Crippen LogP) is -0.680. The normalized spacial score (nSPS) is 4.08. The molecule has 0 atom stereocenters. The van der Waals surface area contributed by atoms with Gasteiger partial charge in [-0.05, 0) is 0 Å². The van der Waals surface area contributed by atoms with Gasteiger partial charge in [-0.25, -0.2) is 0 Å². The van der Waals surface area contributed by atoms with Gasteiger partial charge in [-0.15, -0.1) is 0 Å². The van der Waals surface area contributed by atoms with Crippen molar-refractivity contribution in [1.82, 2.24) is 0 Å². The first-order valence-corrected chi connectivity index (χ1v) is 10.7. The van der Waals surface area contributed by atoms with E-state index in [2.05, 4.69) is 0 Å². The van der Waals surface area contributed by atoms with Crippen LogP contribution >= 0.6 is 0 Å². The fourth-order valence-corrected chi connectivity index (χ4v) is 0.325. The van der Waals surface area contributed by atoms with Crippen LogP contribution in [0.15, 0.2) is 0 Å². The minimum atomic E-state index is -1.34. The summed E-state index contributed by atoms with van der Waals surface area (Å²) in [5, 5.41) is 38.0. The number of nitrogens with zero attached hydrogens (tertiary/aromatic N) is 5. The summed E-state index contributed by atoms with van der Waals surface area (Å²) in [6.45, 7) is 0. The van der Waals surface area contributed by atoms with E-state index in [0.29, 0.717) is 26.1 Å². The summed E-state index contributed by atoms with van der Waals surface area (Å²) in [5.41, 5.74) is 0. The van der Waals surface area contributed by atoms with Crippen LogP contribution in [0.5, 0.6) is 0 Å². The molecule has 0 aliphatic rings. The maximum atomic E-state index is 7.68. The topological polar surface area (TPSA) is 119 Å². The Hall–Kier alpha value is -0.173. The Labute approximate surface area is 111 Å². The van der Waals surface area contributed by atoms with Crippen molar-refractivity contribution in [3.63, 3.8) is 0 Å². The first kappa shape index (κ1) is 18.6. The van der Waals surface area contributed by atoms with Crippen LogP contribution in [0, 0.1) is 47.1 Å². The van der Waals surface area contributed by atoms with Crippen LogP contribution in [0.25, 0.3) is 0 Å². The number of hydrogen-bond donors (Lipinski definition) is 0. The molecule has 0 saturated heterocycles. The van der Waals surface area contributed by atoms with E-state index in [-0.39, 0.29) is 0 Å². The van der Waals surface area contributed by atoms with E-state index < -0.39 is 39.2 Å². The molecule has 0 bridgehead atoms. The van der Waals surface area contributed by atoms with Crippen LogP contribution in [0.2, 0.25) is 0 Å². The summed E-state index contributed by atoms with van der Waals surface area (Å²) < 4.78 is 5.65. The molecule has 13 heavy (non-hydrogen) atoms. The van der Waals surface area contributed by atoms with Crippen molar-refractivity contribution < 1.29 is 26.1 Å². The third-order valence-electron chi connectivity index (χ3n) is 0.203. The van der Waals surface area contributed by atoms with Crippen molar-refractivity contribution in [3.05, 3.63) is 0 Å². The van der Waals surface area contributed by atoms with Gasteiger partial charge in [-0.3, -0.25) is 0 Å². The van der Waals surface area contributed by atoms with E-state index in [0.717, 1.165) is 0 Å². The average Bonchev–Trinajstić information content (AvgIpc) is 2.09. The Morgan fingerprint density at radius 3 is 1.23 bits per heavy atom. The van der Waals surface area contributed by atoms with Gasteiger partial charge in [-0.2, -0.15) is 0 Å². The first-order chi connectivity index (χ1) is 6.24. The van der Waals surface area contributed by atoms with Crippen LogP contribution in [-0.4, -0.2) is 39.2 Å². The molecule has 0 aliphatic heterocycles. The summed E-state index contributed by atoms with van der Waals surface area (Å²) in [4.78, 5) is 3.44. The van der Waals surface area contributed by atoms with Gasteiger partial charge >= 0.3 is 112 Å². The van der Waals surface area contributed by atoms with E-state index in [1.807, 2.05) is 10.8 Å². The third kappa shape index (κ3) is 78.0. The Bertz CT molecular complexity index is 247. The second-order valence-corrected chi connectivity index (χ2v) is 5.93. The Kier molecular flexibility index (Phi) is 42.5. The van der Waals surface area contributed by atoms with Gasteiger partial charge in [-0.1, -0.05) is 0 Å². The van der Waals surface area contributed by atoms with Crippen molar-refractivity contribution in [3.8, 4) is 20.8 Å². The summed E-state index contributed by atoms with van der Waals surface area (Å²) >= 11 is -1.40. The van der Waals surface area contributed by atoms with Gasteiger partial charge in [0.25, 0.3) is 0 Å². The zero-order valence-corrected chi connectivity index (χ0v) is 17.4. The number of rotatable bonds is 0. The molecule has 0 heterocycles. The molecule has 0 spiro atoms. The van der Waals surface area contributed by atoms with E-state index in [1.165, 1.54) is 0 Å². The van der Waals surface area contributed by atoms with E-state index in [4.69, 9.17) is 26.3 Å². The SMILES string of the molecule is N#C[Se]C#N.N#[C][Hg].N#[C][Pb][C]#N. The molecule has 0 rings (SSSR count). The van der Waals surface area contributed by atoms with Gasteiger partial charge in [0, 0.05) is 0 Å². The van der Waals surface area contributed by atoms with Gasteiger partial charge in [0.2, 0.25) is 0 Å². The molecular weight excluding hydrogens is 617 g/mol. The third-order valence-corrected chi connectivity index (χ3v) is 1.46. The molecule has 0 fully saturated rings. The number of nitriles is 5. The maximum absolute atomic E-state index is 7.68. The second-order valence-electron chi connectivity index (χ2n) is 0.791. The van der Waals surface area contributed by atoms with E-state index >= 15 is 0 Å². The molecule has 0 aliphatic carbocycles. The standard InChI is InChI=1S/C2N2Se.3CN.Hg.Pb/c3-1-5-2-4;3*1-2;;. The van der Waals surface area contributed by atoms with Gasteiger partial charge in [0.15, 0.2) is 0 Å². The summed E-state index contributed by atoms with van der Waals surface area (Å²) in [6, 6.07) is 0. The Morgan fingerprint density at radius 1 is 0.923 bits per heavy atom. The summed E-state index contributed by atoms with van der Waals surface area (Å²) in [7, 11) is 0. The van der Waals surface area contributed by atoms with E-state index in [1.54, 1.807) is 9.94 Å². The van der Waals surface area contributed by atoms with Crippen molar-refractivity contribution >= 4 is 39.2 Å². The fourth-order valence-electron chi connectivity index (χ4n) is 0.0454. The van der Waals surface area contributed by atoms with E-state index in [9.17, 15) is 0 Å². The van der Waals surface area contributed by atoms with Gasteiger partial charge in [0.05, 0.1) is 0 Å². The average molecular weight is 617 g/mol. The molecule has 5 nitrogen and oxygen atoms in total. The molecule has 0 unspecified atom stereocenters. The molecule has 8 heteroatoms. The minimum absolute atomic E-state index is 0.372. The Balaban J connectivity index is -0.000000120. The summed E-state index contributed by atoms with van der Waals surface area (Å²) in [6.07, 6.45) is 0. The predicted molar refractivity (Wildman–Crippen MR) is 39.6 cm³/mol. The molecule has 0 amide bonds. The molecule has 57 valence electrons. The zero-order valence-electron chi connectivity index (χ0n) is 6.35. The van der Waals surface area contributed by atoms with Crippen molar-refractivity contribution in [2.45, 2.75) is 0 Å². The quantitative estimate of drug-likeness (QED) is 0.334. The molecule has 2 radical (unpaired) electrons. The summed E-state index contributed by atoms with van der Waals surface area (Å²) in [5.74, 6) is 0. The van der Waals surface area contributed by atoms with Crippen LogP contribution < -0.4 is 0 Å². The van der Waals surface area contributed by atoms with Crippen molar-refractivity contribution in [2.24, 2.45) is 0 Å². The number of hydrogen-bond acceptors (Lipinski definition) is 5. The van der Waals surface area contributed by atoms with Gasteiger partial charge in [0.1, 0.15) is 0 Å². The van der Waals surface area contributed by atoms with Crippen LogP contribution in [-0.2, 0) is 26.1 Å². The molecule has 0 N–H and O–H groups in total. The van der Waals surface area contributed by atoms with Crippen LogP contribution in [0.3, 0.4) is 0 Å². The first-order valence-electron chi connectivity index (χ1n) is 2.38. The molecular formula is C5HgN5PbSe.